The number of ketones is 1. The number of carboxylic acid groups (broad SMARTS) is 1. The number of nitrogens with one attached hydrogen (secondary N) is 2. The van der Waals surface area contributed by atoms with E-state index in [-0.39, 0.29) is 47.2 Å². The fourth-order valence-corrected chi connectivity index (χ4v) is 6.00. The standard InChI is InChI=1S/C24H25Cl2N5O9S/c1-41(38,39)29-14-7-8-18(32)30-9-3-6-16(31(30)24(14)37)22(36)28-15(10-19(33)34)21(35)23-27-11-17(40-23)20-12(25)4-2-5-13(20)26/h2,4-5,11,14-16,29H,3,6-10H2,1H3,(H,28,36)(H,33,34). The first kappa shape index (κ1) is 30.4. The molecule has 1 aromatic carbocycles. The first-order valence-electron chi connectivity index (χ1n) is 12.3. The lowest BCUT2D eigenvalue weighted by Gasteiger charge is -2.43. The molecular formula is C24H25Cl2N5O9S. The summed E-state index contributed by atoms with van der Waals surface area (Å²) in [5, 5.41) is 14.2. The fraction of sp³-hybridized carbons (Fsp3) is 0.417. The van der Waals surface area contributed by atoms with Crippen LogP contribution in [0.5, 0.6) is 0 Å². The van der Waals surface area contributed by atoms with Crippen LogP contribution in [-0.2, 0) is 29.2 Å². The Morgan fingerprint density at radius 1 is 1.20 bits per heavy atom. The highest BCUT2D eigenvalue weighted by atomic mass is 35.5. The monoisotopic (exact) mass is 629 g/mol. The molecular weight excluding hydrogens is 605 g/mol. The molecule has 14 nitrogen and oxygen atoms in total. The molecule has 0 radical (unpaired) electrons. The summed E-state index contributed by atoms with van der Waals surface area (Å²) in [6.45, 7) is 0.112. The van der Waals surface area contributed by atoms with Crippen molar-refractivity contribution in [1.29, 1.82) is 0 Å². The molecule has 0 aliphatic carbocycles. The number of hydrogen-bond acceptors (Lipinski definition) is 9. The number of nitrogens with zero attached hydrogens (tertiary/aromatic N) is 3. The maximum absolute atomic E-state index is 13.4. The summed E-state index contributed by atoms with van der Waals surface area (Å²) in [4.78, 5) is 68.3. The number of hydrogen-bond donors (Lipinski definition) is 3. The number of Topliss-reactive ketones (excluding diaryl/α,β-unsaturated/α-hetero) is 1. The van der Waals surface area contributed by atoms with Crippen LogP contribution in [0, 0.1) is 0 Å². The molecule has 3 unspecified atom stereocenters. The van der Waals surface area contributed by atoms with Crippen LogP contribution < -0.4 is 10.0 Å². The summed E-state index contributed by atoms with van der Waals surface area (Å²) in [5.41, 5.74) is 0.255. The van der Waals surface area contributed by atoms with Gasteiger partial charge in [-0.25, -0.2) is 23.1 Å². The van der Waals surface area contributed by atoms with Gasteiger partial charge in [-0.05, 0) is 31.4 Å². The Labute approximate surface area is 244 Å². The number of rotatable bonds is 9. The maximum Gasteiger partial charge on any atom is 0.305 e. The number of carbonyl (C=O) groups is 5. The minimum absolute atomic E-state index is 0.0327. The number of carboxylic acids is 1. The van der Waals surface area contributed by atoms with E-state index >= 15 is 0 Å². The van der Waals surface area contributed by atoms with Gasteiger partial charge in [0.15, 0.2) is 5.76 Å². The molecule has 3 atom stereocenters. The lowest BCUT2D eigenvalue weighted by Crippen LogP contribution is -2.64. The van der Waals surface area contributed by atoms with E-state index in [4.69, 9.17) is 27.6 Å². The largest absolute Gasteiger partial charge is 0.481 e. The molecule has 17 heteroatoms. The third-order valence-corrected chi connectivity index (χ3v) is 7.80. The van der Waals surface area contributed by atoms with Crippen molar-refractivity contribution >= 4 is 62.7 Å². The van der Waals surface area contributed by atoms with Crippen molar-refractivity contribution in [3.05, 3.63) is 40.3 Å². The minimum Gasteiger partial charge on any atom is -0.481 e. The fourth-order valence-electron chi connectivity index (χ4n) is 4.68. The van der Waals surface area contributed by atoms with E-state index in [2.05, 4.69) is 15.0 Å². The summed E-state index contributed by atoms with van der Waals surface area (Å²) in [6.07, 6.45) is 1.30. The van der Waals surface area contributed by atoms with Gasteiger partial charge < -0.3 is 14.8 Å². The number of hydrazine groups is 1. The molecule has 2 aliphatic heterocycles. The zero-order valence-electron chi connectivity index (χ0n) is 21.5. The van der Waals surface area contributed by atoms with Gasteiger partial charge in [0.25, 0.3) is 11.8 Å². The molecule has 3 N–H and O–H groups in total. The second-order valence-corrected chi connectivity index (χ2v) is 12.1. The van der Waals surface area contributed by atoms with Crippen molar-refractivity contribution in [2.24, 2.45) is 0 Å². The Balaban J connectivity index is 1.59. The Morgan fingerprint density at radius 2 is 1.88 bits per heavy atom. The summed E-state index contributed by atoms with van der Waals surface area (Å²) >= 11 is 12.4. The second-order valence-electron chi connectivity index (χ2n) is 9.49. The molecule has 2 fully saturated rings. The first-order chi connectivity index (χ1) is 19.3. The van der Waals surface area contributed by atoms with Crippen LogP contribution >= 0.6 is 23.2 Å². The average molecular weight is 630 g/mol. The molecule has 3 amide bonds. The molecule has 0 bridgehead atoms. The van der Waals surface area contributed by atoms with Gasteiger partial charge in [-0.2, -0.15) is 0 Å². The molecule has 1 aromatic heterocycles. The molecule has 3 heterocycles. The van der Waals surface area contributed by atoms with Crippen LogP contribution in [0.15, 0.2) is 28.8 Å². The molecule has 2 aromatic rings. The third-order valence-electron chi connectivity index (χ3n) is 6.46. The smallest absolute Gasteiger partial charge is 0.305 e. The Hall–Kier alpha value is -3.53. The second kappa shape index (κ2) is 12.1. The van der Waals surface area contributed by atoms with Crippen LogP contribution in [0.2, 0.25) is 10.0 Å². The quantitative estimate of drug-likeness (QED) is 0.339. The van der Waals surface area contributed by atoms with E-state index in [1.54, 1.807) is 18.2 Å². The number of amides is 3. The number of aliphatic carboxylic acids is 1. The number of halogens is 2. The highest BCUT2D eigenvalue weighted by molar-refractivity contribution is 7.88. The summed E-state index contributed by atoms with van der Waals surface area (Å²) in [6, 6.07) is 0.395. The number of fused-ring (bicyclic) bond motifs is 1. The summed E-state index contributed by atoms with van der Waals surface area (Å²) in [5.74, 6) is -5.12. The molecule has 4 rings (SSSR count). The Kier molecular flexibility index (Phi) is 9.01. The normalized spacial score (nSPS) is 20.3. The average Bonchev–Trinajstić information content (AvgIpc) is 3.33. The molecule has 220 valence electrons. The first-order valence-corrected chi connectivity index (χ1v) is 15.0. The zero-order valence-corrected chi connectivity index (χ0v) is 23.8. The van der Waals surface area contributed by atoms with Gasteiger partial charge in [-0.1, -0.05) is 29.3 Å². The van der Waals surface area contributed by atoms with Crippen molar-refractivity contribution in [2.75, 3.05) is 12.8 Å². The van der Waals surface area contributed by atoms with Crippen molar-refractivity contribution in [3.63, 3.8) is 0 Å². The van der Waals surface area contributed by atoms with E-state index in [1.807, 2.05) is 0 Å². The maximum atomic E-state index is 13.4. The van der Waals surface area contributed by atoms with E-state index in [9.17, 15) is 37.5 Å². The van der Waals surface area contributed by atoms with Gasteiger partial charge in [-0.15, -0.1) is 0 Å². The highest BCUT2D eigenvalue weighted by Gasteiger charge is 2.45. The lowest BCUT2D eigenvalue weighted by molar-refractivity contribution is -0.176. The van der Waals surface area contributed by atoms with Crippen LogP contribution in [0.25, 0.3) is 11.3 Å². The molecule has 2 saturated heterocycles. The Morgan fingerprint density at radius 3 is 2.51 bits per heavy atom. The SMILES string of the molecule is CS(=O)(=O)NC1CCC(=O)N2CCCC(C(=O)NC(CC(=O)O)C(=O)c3ncc(-c4c(Cl)cccc4Cl)o3)N2C1=O. The van der Waals surface area contributed by atoms with Crippen LogP contribution in [0.1, 0.15) is 42.8 Å². The molecule has 41 heavy (non-hydrogen) atoms. The summed E-state index contributed by atoms with van der Waals surface area (Å²) < 4.78 is 31.3. The topological polar surface area (TPSA) is 196 Å². The predicted octanol–water partition coefficient (Wildman–Crippen LogP) is 1.24. The number of benzene rings is 1. The van der Waals surface area contributed by atoms with Crippen LogP contribution in [-0.4, -0.2) is 88.9 Å². The highest BCUT2D eigenvalue weighted by Crippen LogP contribution is 2.35. The van der Waals surface area contributed by atoms with E-state index < -0.39 is 69.9 Å². The number of sulfonamides is 1. The zero-order chi connectivity index (χ0) is 30.1. The lowest BCUT2D eigenvalue weighted by atomic mass is 10.0. The van der Waals surface area contributed by atoms with Gasteiger partial charge in [-0.3, -0.25) is 29.0 Å². The van der Waals surface area contributed by atoms with Crippen LogP contribution in [0.3, 0.4) is 0 Å². The van der Waals surface area contributed by atoms with E-state index in [0.29, 0.717) is 6.42 Å². The van der Waals surface area contributed by atoms with Crippen molar-refractivity contribution in [1.82, 2.24) is 25.0 Å². The molecule has 0 saturated carbocycles. The summed E-state index contributed by atoms with van der Waals surface area (Å²) in [7, 11) is -3.84. The molecule has 0 spiro atoms. The number of carbonyl (C=O) groups excluding carboxylic acids is 4. The van der Waals surface area contributed by atoms with Gasteiger partial charge >= 0.3 is 5.97 Å². The van der Waals surface area contributed by atoms with Gasteiger partial charge in [0.05, 0.1) is 34.5 Å². The third kappa shape index (κ3) is 6.86. The van der Waals surface area contributed by atoms with Crippen molar-refractivity contribution in [2.45, 2.75) is 50.2 Å². The Bertz CT molecular complexity index is 1490. The van der Waals surface area contributed by atoms with Gasteiger partial charge in [0.2, 0.25) is 27.6 Å². The molecule has 2 aliphatic rings. The van der Waals surface area contributed by atoms with E-state index in [1.165, 1.54) is 6.20 Å². The van der Waals surface area contributed by atoms with Gasteiger partial charge in [0.1, 0.15) is 18.1 Å². The number of oxazole rings is 1. The van der Waals surface area contributed by atoms with Crippen molar-refractivity contribution in [3.8, 4) is 11.3 Å². The number of aromatic nitrogens is 1. The predicted molar refractivity (Wildman–Crippen MR) is 143 cm³/mol. The minimum atomic E-state index is -3.84. The van der Waals surface area contributed by atoms with Gasteiger partial charge in [0, 0.05) is 13.0 Å². The van der Waals surface area contributed by atoms with E-state index in [0.717, 1.165) is 16.3 Å². The van der Waals surface area contributed by atoms with Crippen molar-refractivity contribution < 1.29 is 41.9 Å². The van der Waals surface area contributed by atoms with Crippen LogP contribution in [0.4, 0.5) is 0 Å².